The molecule has 1 saturated carbocycles. The first kappa shape index (κ1) is 11.8. The zero-order chi connectivity index (χ0) is 11.6. The van der Waals surface area contributed by atoms with Gasteiger partial charge in [0.2, 0.25) is 0 Å². The van der Waals surface area contributed by atoms with Gasteiger partial charge in [0.05, 0.1) is 6.42 Å². The van der Waals surface area contributed by atoms with Crippen molar-refractivity contribution >= 4 is 11.9 Å². The highest BCUT2D eigenvalue weighted by molar-refractivity contribution is 5.80. The lowest BCUT2D eigenvalue weighted by atomic mass is 9.87. The maximum atomic E-state index is 12.4. The predicted octanol–water partition coefficient (Wildman–Crippen LogP) is 0.302. The average molecular weight is 223 g/mol. The molecule has 0 amide bonds. The Labute approximate surface area is 84.1 Å². The summed E-state index contributed by atoms with van der Waals surface area (Å²) in [6, 6.07) is -1.91. The van der Waals surface area contributed by atoms with E-state index >= 15 is 0 Å². The van der Waals surface area contributed by atoms with Crippen LogP contribution in [0.1, 0.15) is 19.3 Å². The van der Waals surface area contributed by atoms with E-state index in [-0.39, 0.29) is 0 Å². The van der Waals surface area contributed by atoms with E-state index in [9.17, 15) is 18.4 Å². The van der Waals surface area contributed by atoms with Crippen LogP contribution in [0.2, 0.25) is 0 Å². The SMILES string of the molecule is O=C(O)CC(NC1CC(F)(F)C1)C(=O)O. The van der Waals surface area contributed by atoms with Crippen molar-refractivity contribution < 1.29 is 28.6 Å². The number of carboxylic acids is 2. The Bertz CT molecular complexity index is 274. The van der Waals surface area contributed by atoms with Gasteiger partial charge in [-0.15, -0.1) is 0 Å². The number of rotatable bonds is 5. The third-order valence-corrected chi connectivity index (χ3v) is 2.20. The number of nitrogens with one attached hydrogen (secondary N) is 1. The third-order valence-electron chi connectivity index (χ3n) is 2.20. The minimum Gasteiger partial charge on any atom is -0.481 e. The van der Waals surface area contributed by atoms with Crippen LogP contribution in [0.4, 0.5) is 8.78 Å². The molecular formula is C8H11F2NO4. The summed E-state index contributed by atoms with van der Waals surface area (Å²) < 4.78 is 24.8. The fraction of sp³-hybridized carbons (Fsp3) is 0.750. The van der Waals surface area contributed by atoms with E-state index < -0.39 is 49.2 Å². The molecule has 15 heavy (non-hydrogen) atoms. The van der Waals surface area contributed by atoms with Crippen molar-refractivity contribution in [2.24, 2.45) is 0 Å². The smallest absolute Gasteiger partial charge is 0.321 e. The molecule has 0 heterocycles. The molecule has 0 aromatic heterocycles. The number of halogens is 2. The van der Waals surface area contributed by atoms with Crippen molar-refractivity contribution in [3.05, 3.63) is 0 Å². The molecular weight excluding hydrogens is 212 g/mol. The molecule has 0 aromatic rings. The van der Waals surface area contributed by atoms with Crippen LogP contribution in [-0.2, 0) is 9.59 Å². The van der Waals surface area contributed by atoms with Crippen LogP contribution in [0.15, 0.2) is 0 Å². The van der Waals surface area contributed by atoms with Crippen molar-refractivity contribution in [2.75, 3.05) is 0 Å². The van der Waals surface area contributed by atoms with E-state index in [0.29, 0.717) is 0 Å². The lowest BCUT2D eigenvalue weighted by molar-refractivity contribution is -0.148. The molecule has 3 N–H and O–H groups in total. The maximum Gasteiger partial charge on any atom is 0.321 e. The van der Waals surface area contributed by atoms with Crippen LogP contribution in [0, 0.1) is 0 Å². The van der Waals surface area contributed by atoms with Gasteiger partial charge in [0.1, 0.15) is 6.04 Å². The van der Waals surface area contributed by atoms with Gasteiger partial charge in [0, 0.05) is 18.9 Å². The fourth-order valence-corrected chi connectivity index (χ4v) is 1.46. The molecule has 1 aliphatic rings. The van der Waals surface area contributed by atoms with Crippen LogP contribution in [-0.4, -0.2) is 40.2 Å². The molecule has 5 nitrogen and oxygen atoms in total. The van der Waals surface area contributed by atoms with Gasteiger partial charge in [0.25, 0.3) is 5.92 Å². The normalized spacial score (nSPS) is 21.7. The van der Waals surface area contributed by atoms with Gasteiger partial charge < -0.3 is 15.5 Å². The van der Waals surface area contributed by atoms with E-state index in [2.05, 4.69) is 5.32 Å². The Morgan fingerprint density at radius 3 is 2.27 bits per heavy atom. The van der Waals surface area contributed by atoms with Crippen molar-refractivity contribution in [3.63, 3.8) is 0 Å². The molecule has 1 rings (SSSR count). The average Bonchev–Trinajstić information content (AvgIpc) is 1.98. The zero-order valence-electron chi connectivity index (χ0n) is 7.74. The molecule has 0 bridgehead atoms. The molecule has 0 spiro atoms. The van der Waals surface area contributed by atoms with Gasteiger partial charge in [0.15, 0.2) is 0 Å². The highest BCUT2D eigenvalue weighted by Gasteiger charge is 2.46. The lowest BCUT2D eigenvalue weighted by Gasteiger charge is -2.36. The Balaban J connectivity index is 2.40. The molecule has 0 aromatic carbocycles. The van der Waals surface area contributed by atoms with Gasteiger partial charge in [-0.1, -0.05) is 0 Å². The summed E-state index contributed by atoms with van der Waals surface area (Å²) in [6.45, 7) is 0. The summed E-state index contributed by atoms with van der Waals surface area (Å²) in [4.78, 5) is 20.8. The Kier molecular flexibility index (Phi) is 3.23. The first-order chi connectivity index (χ1) is 6.80. The molecule has 1 unspecified atom stereocenters. The highest BCUT2D eigenvalue weighted by Crippen LogP contribution is 2.37. The molecule has 0 radical (unpaired) electrons. The molecule has 1 aliphatic carbocycles. The van der Waals surface area contributed by atoms with Gasteiger partial charge in [-0.25, -0.2) is 8.78 Å². The quantitative estimate of drug-likeness (QED) is 0.624. The predicted molar refractivity (Wildman–Crippen MR) is 44.8 cm³/mol. The second-order valence-electron chi connectivity index (χ2n) is 3.62. The second-order valence-corrected chi connectivity index (χ2v) is 3.62. The minimum atomic E-state index is -2.75. The first-order valence-electron chi connectivity index (χ1n) is 4.38. The molecule has 7 heteroatoms. The van der Waals surface area contributed by atoms with Crippen LogP contribution in [0.3, 0.4) is 0 Å². The van der Waals surface area contributed by atoms with Gasteiger partial charge in [-0.2, -0.15) is 0 Å². The lowest BCUT2D eigenvalue weighted by Crippen LogP contribution is -2.54. The van der Waals surface area contributed by atoms with Crippen molar-refractivity contribution in [2.45, 2.75) is 37.3 Å². The Morgan fingerprint density at radius 2 is 1.93 bits per heavy atom. The van der Waals surface area contributed by atoms with E-state index in [4.69, 9.17) is 10.2 Å². The molecule has 0 aliphatic heterocycles. The Hall–Kier alpha value is -1.24. The summed E-state index contributed by atoms with van der Waals surface area (Å²) in [5.74, 6) is -5.36. The number of hydrogen-bond donors (Lipinski definition) is 3. The molecule has 1 atom stereocenters. The number of carboxylic acid groups (broad SMARTS) is 2. The van der Waals surface area contributed by atoms with E-state index in [1.54, 1.807) is 0 Å². The van der Waals surface area contributed by atoms with Gasteiger partial charge in [-0.05, 0) is 0 Å². The fourth-order valence-electron chi connectivity index (χ4n) is 1.46. The zero-order valence-corrected chi connectivity index (χ0v) is 7.74. The summed E-state index contributed by atoms with van der Waals surface area (Å²) in [5.41, 5.74) is 0. The largest absolute Gasteiger partial charge is 0.481 e. The third kappa shape index (κ3) is 3.43. The van der Waals surface area contributed by atoms with E-state index in [0.717, 1.165) is 0 Å². The van der Waals surface area contributed by atoms with E-state index in [1.807, 2.05) is 0 Å². The van der Waals surface area contributed by atoms with Crippen LogP contribution >= 0.6 is 0 Å². The monoisotopic (exact) mass is 223 g/mol. The van der Waals surface area contributed by atoms with Crippen LogP contribution < -0.4 is 5.32 Å². The maximum absolute atomic E-state index is 12.4. The van der Waals surface area contributed by atoms with Gasteiger partial charge in [-0.3, -0.25) is 9.59 Å². The topological polar surface area (TPSA) is 86.6 Å². The summed E-state index contributed by atoms with van der Waals surface area (Å²) in [5, 5.41) is 19.4. The summed E-state index contributed by atoms with van der Waals surface area (Å²) in [7, 11) is 0. The highest BCUT2D eigenvalue weighted by atomic mass is 19.3. The van der Waals surface area contributed by atoms with Crippen molar-refractivity contribution in [3.8, 4) is 0 Å². The minimum absolute atomic E-state index is 0.434. The van der Waals surface area contributed by atoms with E-state index in [1.165, 1.54) is 0 Å². The number of hydrogen-bond acceptors (Lipinski definition) is 3. The van der Waals surface area contributed by atoms with Gasteiger partial charge >= 0.3 is 11.9 Å². The number of carbonyl (C=O) groups is 2. The van der Waals surface area contributed by atoms with Crippen LogP contribution in [0.5, 0.6) is 0 Å². The summed E-state index contributed by atoms with van der Waals surface area (Å²) >= 11 is 0. The number of alkyl halides is 2. The van der Waals surface area contributed by atoms with Crippen molar-refractivity contribution in [1.29, 1.82) is 0 Å². The standard InChI is InChI=1S/C8H11F2NO4/c9-8(10)2-4(3-8)11-5(7(14)15)1-6(12)13/h4-5,11H,1-3H2,(H,12,13)(H,14,15). The summed E-state index contributed by atoms with van der Waals surface area (Å²) in [6.07, 6.45) is -1.48. The molecule has 1 fully saturated rings. The first-order valence-corrected chi connectivity index (χ1v) is 4.38. The second kappa shape index (κ2) is 4.09. The number of aliphatic carboxylic acids is 2. The van der Waals surface area contributed by atoms with Crippen molar-refractivity contribution in [1.82, 2.24) is 5.32 Å². The molecule has 86 valence electrons. The Morgan fingerprint density at radius 1 is 1.40 bits per heavy atom. The molecule has 0 saturated heterocycles. The van der Waals surface area contributed by atoms with Crippen LogP contribution in [0.25, 0.3) is 0 Å².